The maximum absolute atomic E-state index is 12.9. The summed E-state index contributed by atoms with van der Waals surface area (Å²) in [7, 11) is 0. The van der Waals surface area contributed by atoms with Crippen molar-refractivity contribution in [3.63, 3.8) is 0 Å². The maximum Gasteiger partial charge on any atom is 0.225 e. The van der Waals surface area contributed by atoms with Gasteiger partial charge in [0.25, 0.3) is 0 Å². The fourth-order valence-corrected chi connectivity index (χ4v) is 4.36. The van der Waals surface area contributed by atoms with Crippen LogP contribution >= 0.6 is 0 Å². The Morgan fingerprint density at radius 3 is 2.19 bits per heavy atom. The Labute approximate surface area is 162 Å². The molecule has 0 spiro atoms. The molecule has 148 valence electrons. The van der Waals surface area contributed by atoms with Crippen molar-refractivity contribution in [1.29, 1.82) is 0 Å². The summed E-state index contributed by atoms with van der Waals surface area (Å²) in [6, 6.07) is 9.80. The molecule has 0 saturated carbocycles. The number of aliphatic hydroxyl groups is 1. The van der Waals surface area contributed by atoms with Gasteiger partial charge < -0.3 is 14.9 Å². The van der Waals surface area contributed by atoms with E-state index in [-0.39, 0.29) is 23.7 Å². The molecule has 0 aliphatic carbocycles. The summed E-state index contributed by atoms with van der Waals surface area (Å²) in [5.74, 6) is 0.723. The molecule has 5 heteroatoms. The Bertz CT molecular complexity index is 618. The van der Waals surface area contributed by atoms with Crippen LogP contribution in [0.5, 0.6) is 0 Å². The number of rotatable bonds is 5. The van der Waals surface area contributed by atoms with Crippen molar-refractivity contribution >= 4 is 11.8 Å². The van der Waals surface area contributed by atoms with Crippen molar-refractivity contribution < 1.29 is 14.7 Å². The molecule has 2 heterocycles. The van der Waals surface area contributed by atoms with E-state index in [1.54, 1.807) is 0 Å². The smallest absolute Gasteiger partial charge is 0.225 e. The van der Waals surface area contributed by atoms with Gasteiger partial charge in [-0.1, -0.05) is 37.3 Å². The minimum absolute atomic E-state index is 0.0475. The third kappa shape index (κ3) is 4.89. The summed E-state index contributed by atoms with van der Waals surface area (Å²) in [6.07, 6.45) is 4.28. The molecular formula is C22H32N2O3. The third-order valence-electron chi connectivity index (χ3n) is 6.10. The molecule has 1 aromatic carbocycles. The van der Waals surface area contributed by atoms with Gasteiger partial charge in [-0.3, -0.25) is 9.59 Å². The molecule has 0 radical (unpaired) electrons. The highest BCUT2D eigenvalue weighted by molar-refractivity contribution is 5.80. The monoisotopic (exact) mass is 372 g/mol. The van der Waals surface area contributed by atoms with E-state index in [9.17, 15) is 14.7 Å². The first kappa shape index (κ1) is 19.9. The molecule has 0 aromatic heterocycles. The zero-order chi connectivity index (χ0) is 19.2. The Morgan fingerprint density at radius 2 is 1.59 bits per heavy atom. The van der Waals surface area contributed by atoms with E-state index in [2.05, 4.69) is 0 Å². The molecule has 1 atom stereocenters. The SMILES string of the molecule is CCCC(=O)N1CCC(C(=O)N2CCC(C(O)c3ccccc3)CC2)CC1. The van der Waals surface area contributed by atoms with E-state index >= 15 is 0 Å². The van der Waals surface area contributed by atoms with E-state index in [0.29, 0.717) is 19.5 Å². The predicted molar refractivity (Wildman–Crippen MR) is 105 cm³/mol. The summed E-state index contributed by atoms with van der Waals surface area (Å²) in [5, 5.41) is 10.6. The van der Waals surface area contributed by atoms with Gasteiger partial charge in [0, 0.05) is 38.5 Å². The summed E-state index contributed by atoms with van der Waals surface area (Å²) >= 11 is 0. The highest BCUT2D eigenvalue weighted by Crippen LogP contribution is 2.31. The zero-order valence-corrected chi connectivity index (χ0v) is 16.3. The van der Waals surface area contributed by atoms with Gasteiger partial charge in [-0.25, -0.2) is 0 Å². The minimum Gasteiger partial charge on any atom is -0.388 e. The van der Waals surface area contributed by atoms with Gasteiger partial charge in [0.2, 0.25) is 11.8 Å². The molecule has 2 aliphatic heterocycles. The van der Waals surface area contributed by atoms with Crippen molar-refractivity contribution in [2.45, 2.75) is 51.6 Å². The zero-order valence-electron chi connectivity index (χ0n) is 16.3. The number of aliphatic hydroxyl groups excluding tert-OH is 1. The Balaban J connectivity index is 1.46. The maximum atomic E-state index is 12.9. The van der Waals surface area contributed by atoms with Gasteiger partial charge >= 0.3 is 0 Å². The van der Waals surface area contributed by atoms with Crippen molar-refractivity contribution in [2.24, 2.45) is 11.8 Å². The highest BCUT2D eigenvalue weighted by atomic mass is 16.3. The van der Waals surface area contributed by atoms with Crippen LogP contribution in [0.2, 0.25) is 0 Å². The molecular weight excluding hydrogens is 340 g/mol. The minimum atomic E-state index is -0.448. The van der Waals surface area contributed by atoms with Gasteiger partial charge in [-0.15, -0.1) is 0 Å². The van der Waals surface area contributed by atoms with Crippen LogP contribution in [0.3, 0.4) is 0 Å². The van der Waals surface area contributed by atoms with Crippen LogP contribution in [-0.4, -0.2) is 52.9 Å². The van der Waals surface area contributed by atoms with Gasteiger partial charge in [0.15, 0.2) is 0 Å². The van der Waals surface area contributed by atoms with Crippen LogP contribution in [0.1, 0.15) is 57.1 Å². The van der Waals surface area contributed by atoms with Crippen LogP contribution in [0.25, 0.3) is 0 Å². The number of amides is 2. The van der Waals surface area contributed by atoms with Gasteiger partial charge in [0.05, 0.1) is 6.10 Å². The van der Waals surface area contributed by atoms with Crippen LogP contribution < -0.4 is 0 Å². The average molecular weight is 373 g/mol. The summed E-state index contributed by atoms with van der Waals surface area (Å²) in [5.41, 5.74) is 0.964. The molecule has 2 saturated heterocycles. The Hall–Kier alpha value is -1.88. The van der Waals surface area contributed by atoms with E-state index in [1.807, 2.05) is 47.1 Å². The van der Waals surface area contributed by atoms with E-state index in [1.165, 1.54) is 0 Å². The third-order valence-corrected chi connectivity index (χ3v) is 6.10. The molecule has 2 amide bonds. The van der Waals surface area contributed by atoms with Crippen LogP contribution in [0.15, 0.2) is 30.3 Å². The van der Waals surface area contributed by atoms with Crippen LogP contribution in [-0.2, 0) is 9.59 Å². The highest BCUT2D eigenvalue weighted by Gasteiger charge is 2.33. The van der Waals surface area contributed by atoms with Gasteiger partial charge in [0.1, 0.15) is 0 Å². The second-order valence-electron chi connectivity index (χ2n) is 7.92. The number of hydrogen-bond acceptors (Lipinski definition) is 3. The second kappa shape index (κ2) is 9.36. The first-order chi connectivity index (χ1) is 13.1. The molecule has 3 rings (SSSR count). The number of hydrogen-bond donors (Lipinski definition) is 1. The number of likely N-dealkylation sites (tertiary alicyclic amines) is 2. The number of carbonyl (C=O) groups excluding carboxylic acids is 2. The van der Waals surface area contributed by atoms with Crippen molar-refractivity contribution in [3.05, 3.63) is 35.9 Å². The van der Waals surface area contributed by atoms with E-state index in [4.69, 9.17) is 0 Å². The fraction of sp³-hybridized carbons (Fsp3) is 0.636. The number of piperidine rings is 2. The van der Waals surface area contributed by atoms with Crippen molar-refractivity contribution in [1.82, 2.24) is 9.80 Å². The summed E-state index contributed by atoms with van der Waals surface area (Å²) in [4.78, 5) is 28.7. The molecule has 1 unspecified atom stereocenters. The Morgan fingerprint density at radius 1 is 1.00 bits per heavy atom. The lowest BCUT2D eigenvalue weighted by molar-refractivity contribution is -0.142. The van der Waals surface area contributed by atoms with Gasteiger partial charge in [-0.2, -0.15) is 0 Å². The lowest BCUT2D eigenvalue weighted by atomic mass is 9.86. The largest absolute Gasteiger partial charge is 0.388 e. The predicted octanol–water partition coefficient (Wildman–Crippen LogP) is 3.00. The molecule has 1 N–H and O–H groups in total. The summed E-state index contributed by atoms with van der Waals surface area (Å²) in [6.45, 7) is 4.88. The van der Waals surface area contributed by atoms with Crippen LogP contribution in [0, 0.1) is 11.8 Å². The number of carbonyl (C=O) groups is 2. The van der Waals surface area contributed by atoms with Crippen molar-refractivity contribution in [2.75, 3.05) is 26.2 Å². The van der Waals surface area contributed by atoms with E-state index < -0.39 is 6.10 Å². The standard InChI is InChI=1S/C22H32N2O3/c1-2-6-20(25)23-13-11-19(12-14-23)22(27)24-15-9-18(10-16-24)21(26)17-7-4-3-5-8-17/h3-5,7-8,18-19,21,26H,2,6,9-16H2,1H3. The number of nitrogens with zero attached hydrogens (tertiary/aromatic N) is 2. The quantitative estimate of drug-likeness (QED) is 0.864. The molecule has 27 heavy (non-hydrogen) atoms. The number of benzene rings is 1. The van der Waals surface area contributed by atoms with E-state index in [0.717, 1.165) is 50.8 Å². The lowest BCUT2D eigenvalue weighted by Crippen LogP contribution is -2.47. The summed E-state index contributed by atoms with van der Waals surface area (Å²) < 4.78 is 0. The molecule has 0 bridgehead atoms. The topological polar surface area (TPSA) is 60.9 Å². The van der Waals surface area contributed by atoms with Gasteiger partial charge in [-0.05, 0) is 43.6 Å². The molecule has 5 nitrogen and oxygen atoms in total. The lowest BCUT2D eigenvalue weighted by Gasteiger charge is -2.38. The first-order valence-corrected chi connectivity index (χ1v) is 10.4. The van der Waals surface area contributed by atoms with Crippen LogP contribution in [0.4, 0.5) is 0 Å². The first-order valence-electron chi connectivity index (χ1n) is 10.4. The molecule has 1 aromatic rings. The van der Waals surface area contributed by atoms with Crippen molar-refractivity contribution in [3.8, 4) is 0 Å². The Kier molecular flexibility index (Phi) is 6.89. The molecule has 2 fully saturated rings. The normalized spacial score (nSPS) is 20.5. The average Bonchev–Trinajstić information content (AvgIpc) is 2.74. The fourth-order valence-electron chi connectivity index (χ4n) is 4.36. The second-order valence-corrected chi connectivity index (χ2v) is 7.92. The molecule has 2 aliphatic rings.